The molecule has 0 bridgehead atoms. The summed E-state index contributed by atoms with van der Waals surface area (Å²) in [6.45, 7) is 0.958. The lowest BCUT2D eigenvalue weighted by molar-refractivity contribution is -0.147. The van der Waals surface area contributed by atoms with Gasteiger partial charge in [-0.25, -0.2) is 0 Å². The lowest BCUT2D eigenvalue weighted by atomic mass is 10.2. The minimum absolute atomic E-state index is 0.000746. The second-order valence-electron chi connectivity index (χ2n) is 8.17. The molecule has 0 atom stereocenters. The van der Waals surface area contributed by atoms with Gasteiger partial charge in [0.05, 0.1) is 7.11 Å². The quantitative estimate of drug-likeness (QED) is 0.295. The van der Waals surface area contributed by atoms with Gasteiger partial charge >= 0.3 is 5.97 Å². The summed E-state index contributed by atoms with van der Waals surface area (Å²) in [4.78, 5) is 47.1. The van der Waals surface area contributed by atoms with Crippen molar-refractivity contribution < 1.29 is 33.4 Å². The van der Waals surface area contributed by atoms with Crippen LogP contribution in [-0.2, 0) is 23.9 Å². The van der Waals surface area contributed by atoms with Crippen LogP contribution >= 0.6 is 0 Å². The van der Waals surface area contributed by atoms with E-state index >= 15 is 0 Å². The van der Waals surface area contributed by atoms with Crippen LogP contribution in [0.4, 0.5) is 17.1 Å². The van der Waals surface area contributed by atoms with Crippen molar-refractivity contribution in [2.45, 2.75) is 26.2 Å². The van der Waals surface area contributed by atoms with Crippen molar-refractivity contribution in [2.75, 3.05) is 29.7 Å². The van der Waals surface area contributed by atoms with Crippen LogP contribution in [0.3, 0.4) is 0 Å². The summed E-state index contributed by atoms with van der Waals surface area (Å²) in [7, 11) is 1.59. The number of ether oxygens (including phenoxy) is 3. The van der Waals surface area contributed by atoms with Crippen molar-refractivity contribution in [3.05, 3.63) is 72.8 Å². The smallest absolute Gasteiger partial charge is 0.306 e. The molecule has 0 unspecified atom stereocenters. The molecule has 0 aromatic heterocycles. The number of esters is 1. The molecular formula is C28H29N3O7. The van der Waals surface area contributed by atoms with Gasteiger partial charge in [0, 0.05) is 36.8 Å². The third kappa shape index (κ3) is 9.65. The molecule has 0 aliphatic heterocycles. The number of benzene rings is 3. The van der Waals surface area contributed by atoms with Crippen molar-refractivity contribution >= 4 is 40.8 Å². The molecule has 3 amide bonds. The van der Waals surface area contributed by atoms with Gasteiger partial charge in [-0.15, -0.1) is 0 Å². The topological polar surface area (TPSA) is 132 Å². The molecule has 0 spiro atoms. The molecule has 3 N–H and O–H groups in total. The van der Waals surface area contributed by atoms with Crippen LogP contribution in [0.2, 0.25) is 0 Å². The summed E-state index contributed by atoms with van der Waals surface area (Å²) in [5.41, 5.74) is 1.69. The van der Waals surface area contributed by atoms with E-state index in [1.54, 1.807) is 79.9 Å². The molecule has 0 saturated carbocycles. The van der Waals surface area contributed by atoms with Crippen molar-refractivity contribution in [1.82, 2.24) is 0 Å². The molecule has 3 aromatic rings. The summed E-state index contributed by atoms with van der Waals surface area (Å²) in [6, 6.07) is 20.6. The standard InChI is InChI=1S/C28H29N3O7/c1-19(32)29-20-6-8-21(9-7-20)31-27(34)18-37-28(35)5-3-4-26(33)30-22-10-12-24(13-11-22)38-25-16-14-23(36-2)15-17-25/h6-17H,3-5,18H2,1-2H3,(H,29,32)(H,30,33)(H,31,34). The van der Waals surface area contributed by atoms with Crippen molar-refractivity contribution in [3.63, 3.8) is 0 Å². The Balaban J connectivity index is 1.31. The van der Waals surface area contributed by atoms with Gasteiger partial charge in [0.15, 0.2) is 6.61 Å². The van der Waals surface area contributed by atoms with Crippen molar-refractivity contribution in [1.29, 1.82) is 0 Å². The summed E-state index contributed by atoms with van der Waals surface area (Å²) in [5.74, 6) is 0.485. The zero-order valence-electron chi connectivity index (χ0n) is 21.1. The summed E-state index contributed by atoms with van der Waals surface area (Å²) in [6.07, 6.45) is 0.391. The molecule has 3 rings (SSSR count). The van der Waals surface area contributed by atoms with E-state index in [1.807, 2.05) is 0 Å². The van der Waals surface area contributed by atoms with Crippen LogP contribution in [0.1, 0.15) is 26.2 Å². The van der Waals surface area contributed by atoms with Crippen molar-refractivity contribution in [3.8, 4) is 17.2 Å². The number of nitrogens with one attached hydrogen (secondary N) is 3. The van der Waals surface area contributed by atoms with E-state index in [0.717, 1.165) is 5.75 Å². The number of methoxy groups -OCH3 is 1. The Bertz CT molecular complexity index is 1240. The zero-order valence-corrected chi connectivity index (χ0v) is 21.1. The number of carbonyl (C=O) groups is 4. The molecular weight excluding hydrogens is 490 g/mol. The Labute approximate surface area is 220 Å². The van der Waals surface area contributed by atoms with Crippen LogP contribution in [0.5, 0.6) is 17.2 Å². The second-order valence-corrected chi connectivity index (χ2v) is 8.17. The van der Waals surface area contributed by atoms with Gasteiger partial charge in [0.1, 0.15) is 17.2 Å². The van der Waals surface area contributed by atoms with E-state index in [1.165, 1.54) is 6.92 Å². The maximum atomic E-state index is 12.2. The highest BCUT2D eigenvalue weighted by atomic mass is 16.5. The van der Waals surface area contributed by atoms with Crippen LogP contribution in [0, 0.1) is 0 Å². The monoisotopic (exact) mass is 519 g/mol. The van der Waals surface area contributed by atoms with E-state index in [-0.39, 0.29) is 31.1 Å². The highest BCUT2D eigenvalue weighted by molar-refractivity contribution is 5.94. The fraction of sp³-hybridized carbons (Fsp3) is 0.214. The minimum atomic E-state index is -0.575. The first kappa shape index (κ1) is 27.7. The summed E-state index contributed by atoms with van der Waals surface area (Å²) >= 11 is 0. The normalized spacial score (nSPS) is 10.2. The average molecular weight is 520 g/mol. The van der Waals surface area contributed by atoms with Crippen molar-refractivity contribution in [2.24, 2.45) is 0 Å². The molecule has 10 nitrogen and oxygen atoms in total. The number of anilines is 3. The third-order valence-electron chi connectivity index (χ3n) is 5.07. The highest BCUT2D eigenvalue weighted by Gasteiger charge is 2.10. The Morgan fingerprint density at radius 2 is 1.11 bits per heavy atom. The average Bonchev–Trinajstić information content (AvgIpc) is 2.90. The van der Waals surface area contributed by atoms with Gasteiger partial charge < -0.3 is 30.2 Å². The Kier molecular flexibility index (Phi) is 10.2. The molecule has 3 aromatic carbocycles. The molecule has 0 fully saturated rings. The van der Waals surface area contributed by atoms with Crippen LogP contribution < -0.4 is 25.4 Å². The minimum Gasteiger partial charge on any atom is -0.497 e. The number of carbonyl (C=O) groups excluding carboxylic acids is 4. The fourth-order valence-electron chi connectivity index (χ4n) is 3.26. The molecule has 0 heterocycles. The van der Waals surface area contributed by atoms with Gasteiger partial charge in [-0.2, -0.15) is 0 Å². The third-order valence-corrected chi connectivity index (χ3v) is 5.07. The van der Waals surface area contributed by atoms with E-state index in [4.69, 9.17) is 14.2 Å². The molecule has 38 heavy (non-hydrogen) atoms. The number of amides is 3. The predicted octanol–water partition coefficient (Wildman–Crippen LogP) is 4.74. The maximum Gasteiger partial charge on any atom is 0.306 e. The van der Waals surface area contributed by atoms with Gasteiger partial charge in [-0.3, -0.25) is 19.2 Å². The van der Waals surface area contributed by atoms with Crippen LogP contribution in [0.15, 0.2) is 72.8 Å². The number of hydrogen-bond acceptors (Lipinski definition) is 7. The van der Waals surface area contributed by atoms with Gasteiger partial charge in [-0.1, -0.05) is 0 Å². The van der Waals surface area contributed by atoms with Gasteiger partial charge in [-0.05, 0) is 79.2 Å². The lowest BCUT2D eigenvalue weighted by Gasteiger charge is -2.09. The first-order valence-electron chi connectivity index (χ1n) is 11.9. The van der Waals surface area contributed by atoms with E-state index in [9.17, 15) is 19.2 Å². The Hall–Kier alpha value is -4.86. The molecule has 0 aliphatic rings. The molecule has 10 heteroatoms. The lowest BCUT2D eigenvalue weighted by Crippen LogP contribution is -2.21. The maximum absolute atomic E-state index is 12.2. The Morgan fingerprint density at radius 3 is 1.66 bits per heavy atom. The SMILES string of the molecule is COc1ccc(Oc2ccc(NC(=O)CCCC(=O)OCC(=O)Nc3ccc(NC(C)=O)cc3)cc2)cc1. The summed E-state index contributed by atoms with van der Waals surface area (Å²) < 4.78 is 15.8. The van der Waals surface area contributed by atoms with E-state index in [2.05, 4.69) is 16.0 Å². The highest BCUT2D eigenvalue weighted by Crippen LogP contribution is 2.25. The predicted molar refractivity (Wildman–Crippen MR) is 142 cm³/mol. The molecule has 0 aliphatic carbocycles. The van der Waals surface area contributed by atoms with E-state index < -0.39 is 18.5 Å². The number of rotatable bonds is 12. The Morgan fingerprint density at radius 1 is 0.632 bits per heavy atom. The van der Waals surface area contributed by atoms with Crippen LogP contribution in [0.25, 0.3) is 0 Å². The fourth-order valence-corrected chi connectivity index (χ4v) is 3.26. The largest absolute Gasteiger partial charge is 0.497 e. The second kappa shape index (κ2) is 14.0. The van der Waals surface area contributed by atoms with E-state index in [0.29, 0.717) is 28.6 Å². The first-order chi connectivity index (χ1) is 18.3. The van der Waals surface area contributed by atoms with Gasteiger partial charge in [0.2, 0.25) is 11.8 Å². The van der Waals surface area contributed by atoms with Crippen LogP contribution in [-0.4, -0.2) is 37.4 Å². The molecule has 0 saturated heterocycles. The molecule has 198 valence electrons. The van der Waals surface area contributed by atoms with Gasteiger partial charge in [0.25, 0.3) is 5.91 Å². The zero-order chi connectivity index (χ0) is 27.3. The number of hydrogen-bond donors (Lipinski definition) is 3. The summed E-state index contributed by atoms with van der Waals surface area (Å²) in [5, 5.41) is 7.98. The molecule has 0 radical (unpaired) electrons. The first-order valence-corrected chi connectivity index (χ1v) is 11.9.